The molecule has 16 heavy (non-hydrogen) atoms. The highest BCUT2D eigenvalue weighted by Gasteiger charge is 2.21. The van der Waals surface area contributed by atoms with Crippen LogP contribution in [-0.2, 0) is 11.3 Å². The second kappa shape index (κ2) is 4.84. The van der Waals surface area contributed by atoms with Crippen LogP contribution >= 0.6 is 0 Å². The number of carbonyl (C=O) groups is 1. The molecule has 0 saturated heterocycles. The molecule has 0 aliphatic carbocycles. The molecule has 0 spiro atoms. The summed E-state index contributed by atoms with van der Waals surface area (Å²) in [6, 6.07) is 9.84. The van der Waals surface area contributed by atoms with E-state index in [0.29, 0.717) is 13.2 Å². The van der Waals surface area contributed by atoms with Gasteiger partial charge in [0.1, 0.15) is 6.61 Å². The van der Waals surface area contributed by atoms with Crippen LogP contribution in [0.3, 0.4) is 0 Å². The molecular formula is C13H15NO2. The summed E-state index contributed by atoms with van der Waals surface area (Å²) in [4.78, 5) is 13.4. The largest absolute Gasteiger partial charge is 0.445 e. The average Bonchev–Trinajstić information content (AvgIpc) is 2.74. The lowest BCUT2D eigenvalue weighted by Crippen LogP contribution is -2.34. The predicted molar refractivity (Wildman–Crippen MR) is 61.9 cm³/mol. The molecule has 0 aromatic heterocycles. The van der Waals surface area contributed by atoms with Gasteiger partial charge in [-0.05, 0) is 12.5 Å². The Balaban J connectivity index is 1.85. The molecule has 2 rings (SSSR count). The normalized spacial score (nSPS) is 18.8. The van der Waals surface area contributed by atoms with Crippen LogP contribution in [0.15, 0.2) is 42.5 Å². The number of benzene rings is 1. The first-order chi connectivity index (χ1) is 7.77. The summed E-state index contributed by atoms with van der Waals surface area (Å²) in [7, 11) is 0. The molecule has 0 saturated carbocycles. The molecule has 0 bridgehead atoms. The van der Waals surface area contributed by atoms with Crippen molar-refractivity contribution >= 4 is 6.09 Å². The zero-order valence-corrected chi connectivity index (χ0v) is 9.30. The average molecular weight is 217 g/mol. The minimum atomic E-state index is -0.249. The van der Waals surface area contributed by atoms with Crippen molar-refractivity contribution in [3.05, 3.63) is 48.0 Å². The first kappa shape index (κ1) is 10.7. The number of nitrogens with zero attached hydrogens (tertiary/aromatic N) is 1. The monoisotopic (exact) mass is 217 g/mol. The highest BCUT2D eigenvalue weighted by molar-refractivity contribution is 5.69. The van der Waals surface area contributed by atoms with Crippen LogP contribution in [0.25, 0.3) is 0 Å². The number of hydrogen-bond acceptors (Lipinski definition) is 2. The molecule has 0 radical (unpaired) electrons. The molecule has 84 valence electrons. The maximum Gasteiger partial charge on any atom is 0.410 e. The lowest BCUT2D eigenvalue weighted by atomic mass is 10.2. The van der Waals surface area contributed by atoms with E-state index in [1.807, 2.05) is 49.4 Å². The standard InChI is InChI=1S/C13H15NO2/c1-11-6-5-9-14(11)13(15)16-10-12-7-3-2-4-8-12/h2-8,11H,9-10H2,1H3/t11-/m0/s1. The van der Waals surface area contributed by atoms with Crippen LogP contribution in [0.4, 0.5) is 4.79 Å². The van der Waals surface area contributed by atoms with E-state index >= 15 is 0 Å². The molecule has 0 fully saturated rings. The quantitative estimate of drug-likeness (QED) is 0.712. The van der Waals surface area contributed by atoms with Gasteiger partial charge in [0.15, 0.2) is 0 Å². The van der Waals surface area contributed by atoms with Crippen LogP contribution in [0, 0.1) is 0 Å². The summed E-state index contributed by atoms with van der Waals surface area (Å²) in [5.74, 6) is 0. The fourth-order valence-corrected chi connectivity index (χ4v) is 1.68. The van der Waals surface area contributed by atoms with Crippen LogP contribution in [-0.4, -0.2) is 23.6 Å². The van der Waals surface area contributed by atoms with Gasteiger partial charge in [0.25, 0.3) is 0 Å². The number of hydrogen-bond donors (Lipinski definition) is 0. The van der Waals surface area contributed by atoms with Crippen molar-refractivity contribution in [3.8, 4) is 0 Å². The third kappa shape index (κ3) is 2.42. The highest BCUT2D eigenvalue weighted by Crippen LogP contribution is 2.11. The van der Waals surface area contributed by atoms with Crippen molar-refractivity contribution < 1.29 is 9.53 Å². The lowest BCUT2D eigenvalue weighted by molar-refractivity contribution is 0.0970. The first-order valence-electron chi connectivity index (χ1n) is 5.41. The third-order valence-electron chi connectivity index (χ3n) is 2.65. The number of rotatable bonds is 2. The number of amides is 1. The molecule has 1 heterocycles. The smallest absolute Gasteiger partial charge is 0.410 e. The van der Waals surface area contributed by atoms with Crippen molar-refractivity contribution in [2.24, 2.45) is 0 Å². The zero-order valence-electron chi connectivity index (χ0n) is 9.30. The Hall–Kier alpha value is -1.77. The second-order valence-electron chi connectivity index (χ2n) is 3.86. The van der Waals surface area contributed by atoms with Crippen LogP contribution in [0.1, 0.15) is 12.5 Å². The molecule has 3 nitrogen and oxygen atoms in total. The van der Waals surface area contributed by atoms with Gasteiger partial charge in [0.2, 0.25) is 0 Å². The van der Waals surface area contributed by atoms with Gasteiger partial charge in [-0.1, -0.05) is 42.5 Å². The van der Waals surface area contributed by atoms with Crippen molar-refractivity contribution in [2.75, 3.05) is 6.54 Å². The summed E-state index contributed by atoms with van der Waals surface area (Å²) in [6.07, 6.45) is 3.74. The molecular weight excluding hydrogens is 202 g/mol. The van der Waals surface area contributed by atoms with Crippen LogP contribution in [0.2, 0.25) is 0 Å². The topological polar surface area (TPSA) is 29.5 Å². The number of ether oxygens (including phenoxy) is 1. The molecule has 1 aromatic rings. The Labute approximate surface area is 95.3 Å². The van der Waals surface area contributed by atoms with E-state index in [1.54, 1.807) is 4.90 Å². The molecule has 3 heteroatoms. The summed E-state index contributed by atoms with van der Waals surface area (Å²) >= 11 is 0. The van der Waals surface area contributed by atoms with Crippen molar-refractivity contribution in [1.29, 1.82) is 0 Å². The summed E-state index contributed by atoms with van der Waals surface area (Å²) < 4.78 is 5.23. The zero-order chi connectivity index (χ0) is 11.4. The molecule has 0 unspecified atom stereocenters. The minimum absolute atomic E-state index is 0.142. The van der Waals surface area contributed by atoms with E-state index in [9.17, 15) is 4.79 Å². The minimum Gasteiger partial charge on any atom is -0.445 e. The fourth-order valence-electron chi connectivity index (χ4n) is 1.68. The van der Waals surface area contributed by atoms with Crippen LogP contribution < -0.4 is 0 Å². The van der Waals surface area contributed by atoms with Gasteiger partial charge in [-0.25, -0.2) is 4.79 Å². The maximum atomic E-state index is 11.7. The van der Waals surface area contributed by atoms with Gasteiger partial charge in [-0.3, -0.25) is 4.90 Å². The third-order valence-corrected chi connectivity index (χ3v) is 2.65. The van der Waals surface area contributed by atoms with Gasteiger partial charge < -0.3 is 4.74 Å². The van der Waals surface area contributed by atoms with Crippen LogP contribution in [0.5, 0.6) is 0 Å². The van der Waals surface area contributed by atoms with Gasteiger partial charge in [-0.15, -0.1) is 0 Å². The fraction of sp³-hybridized carbons (Fsp3) is 0.308. The Bertz CT molecular complexity index is 386. The number of carbonyl (C=O) groups excluding carboxylic acids is 1. The molecule has 1 aliphatic rings. The summed E-state index contributed by atoms with van der Waals surface area (Å²) in [5, 5.41) is 0. The SMILES string of the molecule is C[C@H]1C=CCN1C(=O)OCc1ccccc1. The van der Waals surface area contributed by atoms with Gasteiger partial charge in [0, 0.05) is 6.54 Å². The molecule has 1 aliphatic heterocycles. The van der Waals surface area contributed by atoms with E-state index in [4.69, 9.17) is 4.74 Å². The Morgan fingerprint density at radius 3 is 2.81 bits per heavy atom. The van der Waals surface area contributed by atoms with Crippen molar-refractivity contribution in [3.63, 3.8) is 0 Å². The first-order valence-corrected chi connectivity index (χ1v) is 5.41. The van der Waals surface area contributed by atoms with Crippen molar-refractivity contribution in [1.82, 2.24) is 4.90 Å². The molecule has 1 amide bonds. The molecule has 0 N–H and O–H groups in total. The molecule has 1 aromatic carbocycles. The summed E-state index contributed by atoms with van der Waals surface area (Å²) in [5.41, 5.74) is 1.01. The van der Waals surface area contributed by atoms with E-state index in [-0.39, 0.29) is 12.1 Å². The Morgan fingerprint density at radius 1 is 1.44 bits per heavy atom. The van der Waals surface area contributed by atoms with Crippen molar-refractivity contribution in [2.45, 2.75) is 19.6 Å². The van der Waals surface area contributed by atoms with Gasteiger partial charge in [0.05, 0.1) is 6.04 Å². The Morgan fingerprint density at radius 2 is 2.19 bits per heavy atom. The Kier molecular flexibility index (Phi) is 3.25. The predicted octanol–water partition coefficient (Wildman–Crippen LogP) is 2.58. The van der Waals surface area contributed by atoms with E-state index in [0.717, 1.165) is 5.56 Å². The molecule has 1 atom stereocenters. The lowest BCUT2D eigenvalue weighted by Gasteiger charge is -2.20. The maximum absolute atomic E-state index is 11.7. The van der Waals surface area contributed by atoms with Gasteiger partial charge >= 0.3 is 6.09 Å². The van der Waals surface area contributed by atoms with E-state index in [1.165, 1.54) is 0 Å². The van der Waals surface area contributed by atoms with Gasteiger partial charge in [-0.2, -0.15) is 0 Å². The second-order valence-corrected chi connectivity index (χ2v) is 3.86. The summed E-state index contributed by atoms with van der Waals surface area (Å²) in [6.45, 7) is 2.96. The van der Waals surface area contributed by atoms with E-state index in [2.05, 4.69) is 0 Å². The van der Waals surface area contributed by atoms with E-state index < -0.39 is 0 Å². The highest BCUT2D eigenvalue weighted by atomic mass is 16.6.